The first-order valence-electron chi connectivity index (χ1n) is 6.00. The van der Waals surface area contributed by atoms with Crippen LogP contribution in [0.3, 0.4) is 0 Å². The van der Waals surface area contributed by atoms with Crippen LogP contribution in [0.1, 0.15) is 6.92 Å². The van der Waals surface area contributed by atoms with Gasteiger partial charge in [0.25, 0.3) is 5.91 Å². The molecule has 4 N–H and O–H groups in total. The van der Waals surface area contributed by atoms with Gasteiger partial charge in [-0.25, -0.2) is 0 Å². The average molecular weight is 268 g/mol. The predicted molar refractivity (Wildman–Crippen MR) is 71.1 cm³/mol. The van der Waals surface area contributed by atoms with Crippen LogP contribution in [0.4, 0.5) is 0 Å². The largest absolute Gasteiger partial charge is 0.492 e. The molecule has 1 rings (SSSR count). The SMILES string of the molecule is COC(C)C(Oc1ccc(OCCN)cc1)C(N)=O. The lowest BCUT2D eigenvalue weighted by atomic mass is 10.2. The van der Waals surface area contributed by atoms with Crippen molar-refractivity contribution in [3.63, 3.8) is 0 Å². The van der Waals surface area contributed by atoms with Crippen molar-refractivity contribution in [3.05, 3.63) is 24.3 Å². The van der Waals surface area contributed by atoms with E-state index in [1.165, 1.54) is 7.11 Å². The molecule has 0 bridgehead atoms. The third kappa shape index (κ3) is 4.76. The van der Waals surface area contributed by atoms with E-state index in [1.807, 2.05) is 0 Å². The number of primary amides is 1. The van der Waals surface area contributed by atoms with Crippen molar-refractivity contribution >= 4 is 5.91 Å². The van der Waals surface area contributed by atoms with Gasteiger partial charge in [0.15, 0.2) is 0 Å². The average Bonchev–Trinajstić information content (AvgIpc) is 2.42. The molecule has 19 heavy (non-hydrogen) atoms. The van der Waals surface area contributed by atoms with Gasteiger partial charge in [-0.15, -0.1) is 0 Å². The van der Waals surface area contributed by atoms with Gasteiger partial charge < -0.3 is 25.7 Å². The van der Waals surface area contributed by atoms with Crippen molar-refractivity contribution in [2.24, 2.45) is 11.5 Å². The van der Waals surface area contributed by atoms with Gasteiger partial charge in [0.2, 0.25) is 6.10 Å². The van der Waals surface area contributed by atoms with Crippen LogP contribution in [0.15, 0.2) is 24.3 Å². The van der Waals surface area contributed by atoms with Gasteiger partial charge in [-0.05, 0) is 31.2 Å². The molecule has 1 amide bonds. The number of methoxy groups -OCH3 is 1. The second-order valence-electron chi connectivity index (χ2n) is 3.99. The van der Waals surface area contributed by atoms with Crippen LogP contribution in [0.2, 0.25) is 0 Å². The van der Waals surface area contributed by atoms with E-state index in [4.69, 9.17) is 25.7 Å². The fourth-order valence-corrected chi connectivity index (χ4v) is 1.45. The van der Waals surface area contributed by atoms with Crippen LogP contribution < -0.4 is 20.9 Å². The summed E-state index contributed by atoms with van der Waals surface area (Å²) >= 11 is 0. The molecule has 0 saturated carbocycles. The third-order valence-corrected chi connectivity index (χ3v) is 2.55. The van der Waals surface area contributed by atoms with Crippen LogP contribution in [0.25, 0.3) is 0 Å². The number of hydrogen-bond donors (Lipinski definition) is 2. The second kappa shape index (κ2) is 7.60. The number of benzene rings is 1. The molecule has 0 fully saturated rings. The van der Waals surface area contributed by atoms with Gasteiger partial charge >= 0.3 is 0 Å². The number of rotatable bonds is 8. The summed E-state index contributed by atoms with van der Waals surface area (Å²) in [4.78, 5) is 11.3. The van der Waals surface area contributed by atoms with Crippen molar-refractivity contribution in [1.29, 1.82) is 0 Å². The van der Waals surface area contributed by atoms with Crippen molar-refractivity contribution in [2.75, 3.05) is 20.3 Å². The fourth-order valence-electron chi connectivity index (χ4n) is 1.45. The Morgan fingerprint density at radius 1 is 1.26 bits per heavy atom. The van der Waals surface area contributed by atoms with Crippen molar-refractivity contribution in [2.45, 2.75) is 19.1 Å². The number of nitrogens with two attached hydrogens (primary N) is 2. The van der Waals surface area contributed by atoms with Gasteiger partial charge in [-0.3, -0.25) is 4.79 Å². The van der Waals surface area contributed by atoms with E-state index in [1.54, 1.807) is 31.2 Å². The molecule has 0 spiro atoms. The Labute approximate surface area is 112 Å². The molecule has 106 valence electrons. The number of carbonyl (C=O) groups excluding carboxylic acids is 1. The van der Waals surface area contributed by atoms with Gasteiger partial charge in [0.1, 0.15) is 24.2 Å². The maximum absolute atomic E-state index is 11.3. The minimum atomic E-state index is -0.833. The van der Waals surface area contributed by atoms with Crippen molar-refractivity contribution < 1.29 is 19.0 Å². The highest BCUT2D eigenvalue weighted by Gasteiger charge is 2.24. The van der Waals surface area contributed by atoms with Crippen LogP contribution in [-0.4, -0.2) is 38.4 Å². The van der Waals surface area contributed by atoms with E-state index in [9.17, 15) is 4.79 Å². The highest BCUT2D eigenvalue weighted by molar-refractivity contribution is 5.79. The van der Waals surface area contributed by atoms with E-state index >= 15 is 0 Å². The Morgan fingerprint density at radius 3 is 2.32 bits per heavy atom. The molecule has 2 atom stereocenters. The molecule has 0 radical (unpaired) electrons. The normalized spacial score (nSPS) is 13.6. The topological polar surface area (TPSA) is 96.8 Å². The monoisotopic (exact) mass is 268 g/mol. The Morgan fingerprint density at radius 2 is 1.84 bits per heavy atom. The molecule has 0 aromatic heterocycles. The van der Waals surface area contributed by atoms with Crippen LogP contribution in [-0.2, 0) is 9.53 Å². The minimum Gasteiger partial charge on any atom is -0.492 e. The van der Waals surface area contributed by atoms with E-state index in [2.05, 4.69) is 0 Å². The van der Waals surface area contributed by atoms with Crippen LogP contribution in [0, 0.1) is 0 Å². The van der Waals surface area contributed by atoms with Gasteiger partial charge in [-0.1, -0.05) is 0 Å². The van der Waals surface area contributed by atoms with Gasteiger partial charge in [0.05, 0.1) is 0 Å². The standard InChI is InChI=1S/C13H20N2O4/c1-9(17-2)12(13(15)16)19-11-5-3-10(4-6-11)18-8-7-14/h3-6,9,12H,7-8,14H2,1-2H3,(H2,15,16). The summed E-state index contributed by atoms with van der Waals surface area (Å²) in [5, 5.41) is 0. The zero-order valence-corrected chi connectivity index (χ0v) is 11.2. The summed E-state index contributed by atoms with van der Waals surface area (Å²) in [6, 6.07) is 6.87. The summed E-state index contributed by atoms with van der Waals surface area (Å²) in [5.41, 5.74) is 10.6. The highest BCUT2D eigenvalue weighted by Crippen LogP contribution is 2.19. The first-order valence-corrected chi connectivity index (χ1v) is 6.00. The van der Waals surface area contributed by atoms with Crippen LogP contribution >= 0.6 is 0 Å². The Balaban J connectivity index is 2.67. The number of hydrogen-bond acceptors (Lipinski definition) is 5. The molecule has 2 unspecified atom stereocenters. The minimum absolute atomic E-state index is 0.425. The Hall–Kier alpha value is -1.79. The summed E-state index contributed by atoms with van der Waals surface area (Å²) in [6.07, 6.45) is -1.26. The molecule has 0 aliphatic heterocycles. The van der Waals surface area contributed by atoms with Crippen molar-refractivity contribution in [3.8, 4) is 11.5 Å². The lowest BCUT2D eigenvalue weighted by molar-refractivity contribution is -0.130. The number of carbonyl (C=O) groups is 1. The van der Waals surface area contributed by atoms with Crippen LogP contribution in [0.5, 0.6) is 11.5 Å². The fraction of sp³-hybridized carbons (Fsp3) is 0.462. The lowest BCUT2D eigenvalue weighted by Crippen LogP contribution is -2.42. The molecular formula is C13H20N2O4. The third-order valence-electron chi connectivity index (χ3n) is 2.55. The van der Waals surface area contributed by atoms with Crippen molar-refractivity contribution in [1.82, 2.24) is 0 Å². The molecular weight excluding hydrogens is 248 g/mol. The number of ether oxygens (including phenoxy) is 3. The molecule has 0 heterocycles. The van der Waals surface area contributed by atoms with E-state index < -0.39 is 18.1 Å². The zero-order chi connectivity index (χ0) is 14.3. The maximum Gasteiger partial charge on any atom is 0.261 e. The smallest absolute Gasteiger partial charge is 0.261 e. The Kier molecular flexibility index (Phi) is 6.11. The molecule has 1 aromatic carbocycles. The van der Waals surface area contributed by atoms with E-state index in [0.717, 1.165) is 0 Å². The predicted octanol–water partition coefficient (Wildman–Crippen LogP) is 0.292. The van der Waals surface area contributed by atoms with Gasteiger partial charge in [0, 0.05) is 13.7 Å². The summed E-state index contributed by atoms with van der Waals surface area (Å²) in [5.74, 6) is 0.638. The molecule has 0 aliphatic rings. The lowest BCUT2D eigenvalue weighted by Gasteiger charge is -2.21. The molecule has 0 saturated heterocycles. The number of amides is 1. The first kappa shape index (κ1) is 15.3. The molecule has 6 heteroatoms. The first-order chi connectivity index (χ1) is 9.08. The summed E-state index contributed by atoms with van der Waals surface area (Å²) in [6.45, 7) is 2.62. The molecule has 0 aliphatic carbocycles. The summed E-state index contributed by atoms with van der Waals surface area (Å²) in [7, 11) is 1.49. The highest BCUT2D eigenvalue weighted by atomic mass is 16.5. The second-order valence-corrected chi connectivity index (χ2v) is 3.99. The zero-order valence-electron chi connectivity index (χ0n) is 11.2. The quantitative estimate of drug-likeness (QED) is 0.706. The summed E-state index contributed by atoms with van der Waals surface area (Å²) < 4.78 is 15.9. The van der Waals surface area contributed by atoms with E-state index in [-0.39, 0.29) is 0 Å². The van der Waals surface area contributed by atoms with E-state index in [0.29, 0.717) is 24.7 Å². The van der Waals surface area contributed by atoms with Gasteiger partial charge in [-0.2, -0.15) is 0 Å². The Bertz CT molecular complexity index is 394. The molecule has 1 aromatic rings. The molecule has 6 nitrogen and oxygen atoms in total. The maximum atomic E-state index is 11.3.